The van der Waals surface area contributed by atoms with Crippen LogP contribution >= 0.6 is 24.0 Å². The summed E-state index contributed by atoms with van der Waals surface area (Å²) in [4.78, 5) is 6.57. The van der Waals surface area contributed by atoms with Gasteiger partial charge in [0.15, 0.2) is 5.96 Å². The Labute approximate surface area is 138 Å². The van der Waals surface area contributed by atoms with Gasteiger partial charge in [0.1, 0.15) is 0 Å². The molecule has 0 radical (unpaired) electrons. The van der Waals surface area contributed by atoms with Crippen LogP contribution in [-0.4, -0.2) is 43.7 Å². The van der Waals surface area contributed by atoms with Gasteiger partial charge >= 0.3 is 0 Å². The molecule has 1 aromatic rings. The van der Waals surface area contributed by atoms with Crippen molar-refractivity contribution in [3.05, 3.63) is 35.9 Å². The van der Waals surface area contributed by atoms with Gasteiger partial charge in [-0.1, -0.05) is 37.3 Å². The van der Waals surface area contributed by atoms with E-state index in [0.717, 1.165) is 39.3 Å². The number of nitrogens with zero attached hydrogens (tertiary/aromatic N) is 2. The fourth-order valence-electron chi connectivity index (χ4n) is 2.21. The van der Waals surface area contributed by atoms with E-state index in [0.29, 0.717) is 11.9 Å². The van der Waals surface area contributed by atoms with Gasteiger partial charge in [-0.25, -0.2) is 0 Å². The number of morpholine rings is 1. The highest BCUT2D eigenvalue weighted by Crippen LogP contribution is 2.18. The maximum absolute atomic E-state index is 5.99. The summed E-state index contributed by atoms with van der Waals surface area (Å²) >= 11 is 0. The van der Waals surface area contributed by atoms with Crippen LogP contribution in [0.25, 0.3) is 0 Å². The van der Waals surface area contributed by atoms with Crippen molar-refractivity contribution in [2.75, 3.05) is 32.8 Å². The molecule has 20 heavy (non-hydrogen) atoms. The first-order valence-corrected chi connectivity index (χ1v) is 6.95. The van der Waals surface area contributed by atoms with Crippen molar-refractivity contribution in [2.24, 2.45) is 10.7 Å². The van der Waals surface area contributed by atoms with Gasteiger partial charge in [0, 0.05) is 19.6 Å². The van der Waals surface area contributed by atoms with Crippen LogP contribution in [0.5, 0.6) is 0 Å². The van der Waals surface area contributed by atoms with E-state index >= 15 is 0 Å². The summed E-state index contributed by atoms with van der Waals surface area (Å²) in [6.45, 7) is 6.20. The molecule has 2 N–H and O–H groups in total. The minimum atomic E-state index is 0. The van der Waals surface area contributed by atoms with Gasteiger partial charge in [0.05, 0.1) is 13.2 Å². The first kappa shape index (κ1) is 17.2. The van der Waals surface area contributed by atoms with E-state index in [9.17, 15) is 0 Å². The van der Waals surface area contributed by atoms with Gasteiger partial charge < -0.3 is 15.4 Å². The van der Waals surface area contributed by atoms with E-state index in [1.165, 1.54) is 5.56 Å². The monoisotopic (exact) mass is 389 g/mol. The van der Waals surface area contributed by atoms with E-state index in [-0.39, 0.29) is 24.0 Å². The summed E-state index contributed by atoms with van der Waals surface area (Å²) in [5.74, 6) is 1.17. The van der Waals surface area contributed by atoms with Crippen LogP contribution in [0.2, 0.25) is 0 Å². The van der Waals surface area contributed by atoms with E-state index in [1.807, 2.05) is 6.07 Å². The average molecular weight is 389 g/mol. The topological polar surface area (TPSA) is 50.8 Å². The molecule has 4 nitrogen and oxygen atoms in total. The smallest absolute Gasteiger partial charge is 0.191 e. The SMILES string of the molecule is CC(CCN=C(N)N1CCOCC1)c1ccccc1.I. The van der Waals surface area contributed by atoms with Crippen LogP contribution in [0.1, 0.15) is 24.8 Å². The normalized spacial score (nSPS) is 17.4. The third-order valence-corrected chi connectivity index (χ3v) is 3.54. The lowest BCUT2D eigenvalue weighted by Gasteiger charge is -2.27. The Morgan fingerprint density at radius 3 is 2.60 bits per heavy atom. The van der Waals surface area contributed by atoms with Crippen molar-refractivity contribution in [3.63, 3.8) is 0 Å². The molecule has 5 heteroatoms. The molecule has 0 spiro atoms. The molecule has 1 heterocycles. The van der Waals surface area contributed by atoms with Crippen LogP contribution in [0.4, 0.5) is 0 Å². The molecule has 1 saturated heterocycles. The van der Waals surface area contributed by atoms with Crippen molar-refractivity contribution < 1.29 is 4.74 Å². The van der Waals surface area contributed by atoms with Crippen molar-refractivity contribution in [1.82, 2.24) is 4.90 Å². The fourth-order valence-corrected chi connectivity index (χ4v) is 2.21. The molecule has 1 fully saturated rings. The highest BCUT2D eigenvalue weighted by molar-refractivity contribution is 14.0. The zero-order valence-electron chi connectivity index (χ0n) is 12.0. The number of hydrogen-bond donors (Lipinski definition) is 1. The predicted molar refractivity (Wildman–Crippen MR) is 93.8 cm³/mol. The molecular formula is C15H24IN3O. The summed E-state index contributed by atoms with van der Waals surface area (Å²) in [5.41, 5.74) is 7.36. The fraction of sp³-hybridized carbons (Fsp3) is 0.533. The lowest BCUT2D eigenvalue weighted by molar-refractivity contribution is 0.0674. The van der Waals surface area contributed by atoms with E-state index in [1.54, 1.807) is 0 Å². The molecule has 2 rings (SSSR count). The molecule has 112 valence electrons. The maximum Gasteiger partial charge on any atom is 0.191 e. The lowest BCUT2D eigenvalue weighted by atomic mass is 9.98. The number of rotatable bonds is 4. The molecule has 0 aromatic heterocycles. The van der Waals surface area contributed by atoms with Crippen molar-refractivity contribution in [2.45, 2.75) is 19.3 Å². The second-order valence-electron chi connectivity index (χ2n) is 4.94. The minimum Gasteiger partial charge on any atom is -0.378 e. The second kappa shape index (κ2) is 9.18. The van der Waals surface area contributed by atoms with Crippen LogP contribution in [-0.2, 0) is 4.74 Å². The standard InChI is InChI=1S/C15H23N3O.HI/c1-13(14-5-3-2-4-6-14)7-8-17-15(16)18-9-11-19-12-10-18;/h2-6,13H,7-12H2,1H3,(H2,16,17);1H. The maximum atomic E-state index is 5.99. The number of benzene rings is 1. The van der Waals surface area contributed by atoms with Crippen LogP contribution in [0.15, 0.2) is 35.3 Å². The number of halogens is 1. The number of hydrogen-bond acceptors (Lipinski definition) is 2. The Hall–Kier alpha value is -0.820. The van der Waals surface area contributed by atoms with Crippen molar-refractivity contribution >= 4 is 29.9 Å². The molecule has 0 amide bonds. The molecule has 1 aliphatic rings. The second-order valence-corrected chi connectivity index (χ2v) is 4.94. The average Bonchev–Trinajstić information content (AvgIpc) is 2.49. The highest BCUT2D eigenvalue weighted by Gasteiger charge is 2.12. The predicted octanol–water partition coefficient (Wildman–Crippen LogP) is 2.45. The number of nitrogens with two attached hydrogens (primary N) is 1. The Bertz CT molecular complexity index is 405. The summed E-state index contributed by atoms with van der Waals surface area (Å²) in [5, 5.41) is 0. The summed E-state index contributed by atoms with van der Waals surface area (Å²) < 4.78 is 5.30. The summed E-state index contributed by atoms with van der Waals surface area (Å²) in [6, 6.07) is 10.5. The molecule has 1 atom stereocenters. The van der Waals surface area contributed by atoms with Gasteiger partial charge in [-0.2, -0.15) is 0 Å². The van der Waals surface area contributed by atoms with Crippen LogP contribution < -0.4 is 5.73 Å². The Morgan fingerprint density at radius 2 is 1.95 bits per heavy atom. The molecule has 1 aromatic carbocycles. The van der Waals surface area contributed by atoms with Gasteiger partial charge in [-0.05, 0) is 17.9 Å². The minimum absolute atomic E-state index is 0. The Morgan fingerprint density at radius 1 is 1.30 bits per heavy atom. The molecule has 0 bridgehead atoms. The zero-order chi connectivity index (χ0) is 13.5. The Balaban J connectivity index is 0.00000200. The van der Waals surface area contributed by atoms with Crippen molar-refractivity contribution in [1.29, 1.82) is 0 Å². The number of aliphatic imine (C=N–C) groups is 1. The molecule has 1 aliphatic heterocycles. The van der Waals surface area contributed by atoms with E-state index < -0.39 is 0 Å². The zero-order valence-corrected chi connectivity index (χ0v) is 14.3. The van der Waals surface area contributed by atoms with Gasteiger partial charge in [0.25, 0.3) is 0 Å². The lowest BCUT2D eigenvalue weighted by Crippen LogP contribution is -2.44. The first-order chi connectivity index (χ1) is 9.27. The quantitative estimate of drug-likeness (QED) is 0.489. The highest BCUT2D eigenvalue weighted by atomic mass is 127. The van der Waals surface area contributed by atoms with E-state index in [4.69, 9.17) is 10.5 Å². The number of ether oxygens (including phenoxy) is 1. The summed E-state index contributed by atoms with van der Waals surface area (Å²) in [7, 11) is 0. The third-order valence-electron chi connectivity index (χ3n) is 3.54. The Kier molecular flexibility index (Phi) is 7.91. The first-order valence-electron chi connectivity index (χ1n) is 6.95. The van der Waals surface area contributed by atoms with Gasteiger partial charge in [0.2, 0.25) is 0 Å². The summed E-state index contributed by atoms with van der Waals surface area (Å²) in [6.07, 6.45) is 1.02. The third kappa shape index (κ3) is 5.28. The van der Waals surface area contributed by atoms with Gasteiger partial charge in [-0.3, -0.25) is 4.99 Å². The van der Waals surface area contributed by atoms with Crippen molar-refractivity contribution in [3.8, 4) is 0 Å². The molecular weight excluding hydrogens is 365 g/mol. The van der Waals surface area contributed by atoms with Gasteiger partial charge in [-0.15, -0.1) is 24.0 Å². The molecule has 0 saturated carbocycles. The largest absolute Gasteiger partial charge is 0.378 e. The van der Waals surface area contributed by atoms with Crippen LogP contribution in [0, 0.1) is 0 Å². The molecule has 0 aliphatic carbocycles. The molecule has 1 unspecified atom stereocenters. The number of guanidine groups is 1. The van der Waals surface area contributed by atoms with E-state index in [2.05, 4.69) is 41.1 Å². The van der Waals surface area contributed by atoms with Crippen LogP contribution in [0.3, 0.4) is 0 Å².